The number of ether oxygens (including phenoxy) is 5. The standard InChI is InChI=1S/C43H44N5O6/c1-42(2,3)29-11-21-35(22-12-29)52-28-38(49)45-37-25-26-44-41-40(37)46-47-48(41)39-24-23-36(54-39)27-53-43(30-9-7-6-8-10-30,31-13-17-33(50-4)18-14-31)32-15-19-34(51-5)20-16-32/h6-23,25-26,36,39H,24,27-28H2,1-5H3,(H,44,45,49)/t36-,39-/m1/s1. The molecule has 1 aliphatic heterocycles. The highest BCUT2D eigenvalue weighted by Gasteiger charge is 2.40. The molecule has 277 valence electrons. The van der Waals surface area contributed by atoms with Crippen molar-refractivity contribution in [3.63, 3.8) is 0 Å². The quantitative estimate of drug-likeness (QED) is 0.120. The van der Waals surface area contributed by atoms with Crippen LogP contribution in [0, 0.1) is 6.42 Å². The first-order valence-corrected chi connectivity index (χ1v) is 17.9. The van der Waals surface area contributed by atoms with E-state index in [0.29, 0.717) is 29.0 Å². The predicted molar refractivity (Wildman–Crippen MR) is 206 cm³/mol. The number of nitrogens with one attached hydrogen (secondary N) is 1. The average molecular weight is 727 g/mol. The Kier molecular flexibility index (Phi) is 10.6. The van der Waals surface area contributed by atoms with Crippen molar-refractivity contribution >= 4 is 22.8 Å². The number of pyridine rings is 1. The topological polar surface area (TPSA) is 119 Å². The minimum absolute atomic E-state index is 0.0281. The van der Waals surface area contributed by atoms with Crippen molar-refractivity contribution in [3.05, 3.63) is 144 Å². The van der Waals surface area contributed by atoms with Gasteiger partial charge in [-0.3, -0.25) is 4.79 Å². The van der Waals surface area contributed by atoms with Gasteiger partial charge in [-0.15, -0.1) is 5.10 Å². The highest BCUT2D eigenvalue weighted by atomic mass is 16.6. The summed E-state index contributed by atoms with van der Waals surface area (Å²) in [5.41, 5.74) is 4.47. The molecule has 7 rings (SSSR count). The number of carbonyl (C=O) groups is 1. The van der Waals surface area contributed by atoms with E-state index in [2.05, 4.69) is 59.9 Å². The Labute approximate surface area is 315 Å². The molecule has 0 bridgehead atoms. The molecule has 1 amide bonds. The highest BCUT2D eigenvalue weighted by Crippen LogP contribution is 2.43. The Morgan fingerprint density at radius 3 is 2.00 bits per heavy atom. The molecule has 11 nitrogen and oxygen atoms in total. The van der Waals surface area contributed by atoms with Gasteiger partial charge in [0, 0.05) is 6.20 Å². The molecule has 11 heteroatoms. The van der Waals surface area contributed by atoms with Crippen molar-refractivity contribution in [1.82, 2.24) is 20.0 Å². The van der Waals surface area contributed by atoms with Gasteiger partial charge in [-0.1, -0.05) is 92.7 Å². The first-order valence-electron chi connectivity index (χ1n) is 17.9. The molecule has 6 aromatic rings. The molecule has 1 N–H and O–H groups in total. The van der Waals surface area contributed by atoms with Crippen molar-refractivity contribution in [2.75, 3.05) is 32.8 Å². The number of carbonyl (C=O) groups excluding carboxylic acids is 1. The van der Waals surface area contributed by atoms with Gasteiger partial charge in [0.15, 0.2) is 24.0 Å². The zero-order chi connectivity index (χ0) is 37.7. The largest absolute Gasteiger partial charge is 0.497 e. The molecule has 1 radical (unpaired) electrons. The van der Waals surface area contributed by atoms with Gasteiger partial charge in [-0.2, -0.15) is 4.68 Å². The molecule has 0 aliphatic carbocycles. The van der Waals surface area contributed by atoms with Crippen molar-refractivity contribution in [3.8, 4) is 17.2 Å². The fourth-order valence-electron chi connectivity index (χ4n) is 6.65. The number of benzene rings is 4. The van der Waals surface area contributed by atoms with Gasteiger partial charge in [0.05, 0.1) is 32.6 Å². The summed E-state index contributed by atoms with van der Waals surface area (Å²) < 4.78 is 31.9. The van der Waals surface area contributed by atoms with E-state index in [-0.39, 0.29) is 30.6 Å². The van der Waals surface area contributed by atoms with E-state index in [0.717, 1.165) is 28.2 Å². The number of aromatic nitrogens is 4. The summed E-state index contributed by atoms with van der Waals surface area (Å²) in [5, 5.41) is 11.7. The fraction of sp³-hybridized carbons (Fsp3) is 0.279. The van der Waals surface area contributed by atoms with E-state index in [1.165, 1.54) is 5.56 Å². The summed E-state index contributed by atoms with van der Waals surface area (Å²) in [7, 11) is 3.30. The van der Waals surface area contributed by atoms with Gasteiger partial charge in [-0.05, 0) is 83.0 Å². The SMILES string of the molecule is COc1ccc(C(OC[C@H]2[CH]C[C@H](n3nnc4c(NC(=O)COc5ccc(C(C)(C)C)cc5)ccnc43)O2)(c2ccccc2)c2ccc(OC)cc2)cc1. The Morgan fingerprint density at radius 1 is 0.796 bits per heavy atom. The normalized spacial score (nSPS) is 15.9. The molecule has 0 saturated carbocycles. The Bertz CT molecular complexity index is 2120. The number of methoxy groups -OCH3 is 2. The smallest absolute Gasteiger partial charge is 0.262 e. The van der Waals surface area contributed by atoms with E-state index >= 15 is 0 Å². The van der Waals surface area contributed by atoms with Crippen LogP contribution in [0.3, 0.4) is 0 Å². The second kappa shape index (κ2) is 15.7. The van der Waals surface area contributed by atoms with Crippen LogP contribution in [0.5, 0.6) is 17.2 Å². The zero-order valence-corrected chi connectivity index (χ0v) is 31.1. The van der Waals surface area contributed by atoms with Gasteiger partial charge < -0.3 is 29.0 Å². The lowest BCUT2D eigenvalue weighted by Crippen LogP contribution is -2.36. The molecule has 2 aromatic heterocycles. The summed E-state index contributed by atoms with van der Waals surface area (Å²) in [6.07, 6.45) is 3.39. The highest BCUT2D eigenvalue weighted by molar-refractivity contribution is 5.98. The minimum atomic E-state index is -0.983. The van der Waals surface area contributed by atoms with Gasteiger partial charge in [-0.25, -0.2) is 4.98 Å². The molecule has 0 unspecified atom stereocenters. The maximum Gasteiger partial charge on any atom is 0.262 e. The molecule has 1 saturated heterocycles. The zero-order valence-electron chi connectivity index (χ0n) is 31.1. The van der Waals surface area contributed by atoms with E-state index in [9.17, 15) is 4.79 Å². The lowest BCUT2D eigenvalue weighted by molar-refractivity contribution is -0.118. The summed E-state index contributed by atoms with van der Waals surface area (Å²) in [6, 6.07) is 35.5. The van der Waals surface area contributed by atoms with E-state index in [4.69, 9.17) is 23.7 Å². The van der Waals surface area contributed by atoms with Crippen molar-refractivity contribution in [1.29, 1.82) is 0 Å². The molecular formula is C43H44N5O6. The molecule has 0 spiro atoms. The number of fused-ring (bicyclic) bond motifs is 1. The summed E-state index contributed by atoms with van der Waals surface area (Å²) in [6.45, 7) is 6.53. The molecule has 54 heavy (non-hydrogen) atoms. The lowest BCUT2D eigenvalue weighted by atomic mass is 9.80. The van der Waals surface area contributed by atoms with Crippen LogP contribution in [-0.2, 0) is 25.3 Å². The number of amides is 1. The maximum absolute atomic E-state index is 12.9. The second-order valence-electron chi connectivity index (χ2n) is 14.1. The number of rotatable bonds is 13. The van der Waals surface area contributed by atoms with Crippen molar-refractivity contribution in [2.45, 2.75) is 50.5 Å². The number of anilines is 1. The Hall–Kier alpha value is -5.78. The summed E-state index contributed by atoms with van der Waals surface area (Å²) >= 11 is 0. The third-order valence-corrected chi connectivity index (χ3v) is 9.57. The monoisotopic (exact) mass is 726 g/mol. The van der Waals surface area contributed by atoms with E-state index < -0.39 is 11.8 Å². The third kappa shape index (κ3) is 7.64. The number of hydrogen-bond acceptors (Lipinski definition) is 9. The van der Waals surface area contributed by atoms with E-state index in [1.54, 1.807) is 31.2 Å². The van der Waals surface area contributed by atoms with Crippen LogP contribution >= 0.6 is 0 Å². The van der Waals surface area contributed by atoms with Gasteiger partial charge in [0.2, 0.25) is 0 Å². The van der Waals surface area contributed by atoms with Crippen LogP contribution in [0.15, 0.2) is 115 Å². The fourth-order valence-corrected chi connectivity index (χ4v) is 6.65. The van der Waals surface area contributed by atoms with Gasteiger partial charge >= 0.3 is 0 Å². The molecule has 4 aromatic carbocycles. The van der Waals surface area contributed by atoms with Crippen LogP contribution in [0.25, 0.3) is 11.2 Å². The maximum atomic E-state index is 12.9. The Balaban J connectivity index is 1.07. The molecule has 1 aliphatic rings. The third-order valence-electron chi connectivity index (χ3n) is 9.57. The molecular weight excluding hydrogens is 683 g/mol. The lowest BCUT2D eigenvalue weighted by Gasteiger charge is -2.37. The number of hydrogen-bond donors (Lipinski definition) is 1. The molecule has 3 heterocycles. The molecule has 1 fully saturated rings. The first kappa shape index (κ1) is 36.6. The van der Waals surface area contributed by atoms with Crippen molar-refractivity contribution < 1.29 is 28.5 Å². The number of nitrogens with zero attached hydrogens (tertiary/aromatic N) is 4. The average Bonchev–Trinajstić information content (AvgIpc) is 3.86. The minimum Gasteiger partial charge on any atom is -0.497 e. The van der Waals surface area contributed by atoms with Crippen LogP contribution in [0.1, 0.15) is 55.7 Å². The van der Waals surface area contributed by atoms with Crippen LogP contribution in [0.4, 0.5) is 5.69 Å². The van der Waals surface area contributed by atoms with Crippen LogP contribution in [0.2, 0.25) is 0 Å². The van der Waals surface area contributed by atoms with Crippen LogP contribution in [-0.4, -0.2) is 59.4 Å². The van der Waals surface area contributed by atoms with Gasteiger partial charge in [0.25, 0.3) is 5.91 Å². The van der Waals surface area contributed by atoms with Crippen molar-refractivity contribution in [2.24, 2.45) is 0 Å². The van der Waals surface area contributed by atoms with Gasteiger partial charge in [0.1, 0.15) is 22.8 Å². The second-order valence-corrected chi connectivity index (χ2v) is 14.1. The first-order chi connectivity index (χ1) is 26.2. The predicted octanol–water partition coefficient (Wildman–Crippen LogP) is 7.66. The summed E-state index contributed by atoms with van der Waals surface area (Å²) in [5.74, 6) is 1.79. The molecule has 2 atom stereocenters. The Morgan fingerprint density at radius 2 is 1.39 bits per heavy atom. The van der Waals surface area contributed by atoms with E-state index in [1.807, 2.05) is 91.0 Å². The summed E-state index contributed by atoms with van der Waals surface area (Å²) in [4.78, 5) is 17.5. The van der Waals surface area contributed by atoms with Crippen LogP contribution < -0.4 is 19.5 Å².